The second-order valence-corrected chi connectivity index (χ2v) is 13.8. The van der Waals surface area contributed by atoms with Gasteiger partial charge in [-0.1, -0.05) is 97.1 Å². The summed E-state index contributed by atoms with van der Waals surface area (Å²) in [5, 5.41) is 6.72. The summed E-state index contributed by atoms with van der Waals surface area (Å²) in [7, 11) is 0. The topological polar surface area (TPSA) is 65.0 Å². The summed E-state index contributed by atoms with van der Waals surface area (Å²) < 4.78 is 15.4. The Morgan fingerprint density at radius 3 is 1.94 bits per heavy atom. The fourth-order valence-corrected chi connectivity index (χ4v) is 8.45. The monoisotopic (exact) mass is 671 g/mol. The van der Waals surface area contributed by atoms with Crippen molar-refractivity contribution < 1.29 is 8.83 Å². The van der Waals surface area contributed by atoms with Crippen LogP contribution in [0.15, 0.2) is 160 Å². The molecule has 0 aliphatic heterocycles. The van der Waals surface area contributed by atoms with Gasteiger partial charge in [-0.05, 0) is 65.7 Å². The van der Waals surface area contributed by atoms with E-state index in [0.717, 1.165) is 71.7 Å². The zero-order chi connectivity index (χ0) is 33.5. The van der Waals surface area contributed by atoms with Gasteiger partial charge < -0.3 is 8.83 Å². The van der Waals surface area contributed by atoms with E-state index in [1.165, 1.54) is 20.2 Å². The number of hydrogen-bond acceptors (Lipinski definition) is 6. The van der Waals surface area contributed by atoms with Crippen LogP contribution in [0.4, 0.5) is 0 Å². The van der Waals surface area contributed by atoms with Gasteiger partial charge in [0.25, 0.3) is 0 Å². The molecule has 0 saturated heterocycles. The van der Waals surface area contributed by atoms with Crippen molar-refractivity contribution in [3.63, 3.8) is 0 Å². The molecule has 4 aromatic heterocycles. The highest BCUT2D eigenvalue weighted by atomic mass is 32.1. The minimum Gasteiger partial charge on any atom is -0.456 e. The van der Waals surface area contributed by atoms with Gasteiger partial charge in [0.15, 0.2) is 17.5 Å². The van der Waals surface area contributed by atoms with Crippen LogP contribution in [0.2, 0.25) is 0 Å². The lowest BCUT2D eigenvalue weighted by molar-refractivity contribution is 0.669. The van der Waals surface area contributed by atoms with Crippen LogP contribution in [-0.2, 0) is 0 Å². The standard InChI is InChI=1S/C45H25N3O2S/c1-2-10-26(11-3-1)43-46-44(28-20-22-37-34(25-28)30-12-4-6-17-36(30)49-37)48-45(47-43)33-16-8-15-32-41-29(14-9-18-38(41)50-42(32)33)27-21-23-40-35(24-27)31-13-5-7-19-39(31)51-40/h1-25H. The highest BCUT2D eigenvalue weighted by molar-refractivity contribution is 7.25. The predicted molar refractivity (Wildman–Crippen MR) is 209 cm³/mol. The molecule has 7 aromatic carbocycles. The van der Waals surface area contributed by atoms with Crippen molar-refractivity contribution in [3.8, 4) is 45.3 Å². The van der Waals surface area contributed by atoms with Crippen molar-refractivity contribution >= 4 is 75.4 Å². The SMILES string of the molecule is c1ccc(-c2nc(-c3ccc4oc5ccccc5c4c3)nc(-c3cccc4c3oc3cccc(-c5ccc6sc7ccccc7c6c5)c34)n2)cc1. The van der Waals surface area contributed by atoms with Crippen molar-refractivity contribution in [1.29, 1.82) is 0 Å². The number of hydrogen-bond donors (Lipinski definition) is 0. The first-order valence-corrected chi connectivity index (χ1v) is 17.7. The number of aromatic nitrogens is 3. The zero-order valence-electron chi connectivity index (χ0n) is 27.0. The average molecular weight is 672 g/mol. The smallest absolute Gasteiger partial charge is 0.167 e. The number of thiophene rings is 1. The molecule has 0 aliphatic rings. The van der Waals surface area contributed by atoms with E-state index < -0.39 is 0 Å². The average Bonchev–Trinajstić information content (AvgIpc) is 3.88. The highest BCUT2D eigenvalue weighted by Crippen LogP contribution is 2.43. The van der Waals surface area contributed by atoms with Crippen LogP contribution in [0.1, 0.15) is 0 Å². The summed E-state index contributed by atoms with van der Waals surface area (Å²) in [5.41, 5.74) is 8.12. The molecule has 0 amide bonds. The van der Waals surface area contributed by atoms with Crippen LogP contribution >= 0.6 is 11.3 Å². The summed E-state index contributed by atoms with van der Waals surface area (Å²) in [6.07, 6.45) is 0. The fraction of sp³-hybridized carbons (Fsp3) is 0. The number of rotatable bonds is 4. The number of para-hydroxylation sites is 2. The van der Waals surface area contributed by atoms with E-state index in [0.29, 0.717) is 17.5 Å². The predicted octanol–water partition coefficient (Wildman–Crippen LogP) is 12.7. The third-order valence-electron chi connectivity index (χ3n) is 9.75. The molecule has 0 bridgehead atoms. The molecule has 0 spiro atoms. The summed E-state index contributed by atoms with van der Waals surface area (Å²) in [4.78, 5) is 15.2. The largest absolute Gasteiger partial charge is 0.456 e. The fourth-order valence-electron chi connectivity index (χ4n) is 7.37. The Bertz CT molecular complexity index is 3160. The van der Waals surface area contributed by atoms with E-state index in [1.54, 1.807) is 0 Å². The molecule has 0 saturated carbocycles. The first kappa shape index (κ1) is 28.2. The molecule has 0 unspecified atom stereocenters. The van der Waals surface area contributed by atoms with Crippen LogP contribution in [0.25, 0.3) is 109 Å². The van der Waals surface area contributed by atoms with E-state index >= 15 is 0 Å². The van der Waals surface area contributed by atoms with Gasteiger partial charge in [-0.15, -0.1) is 11.3 Å². The van der Waals surface area contributed by atoms with Gasteiger partial charge in [-0.2, -0.15) is 0 Å². The van der Waals surface area contributed by atoms with Gasteiger partial charge in [-0.25, -0.2) is 15.0 Å². The maximum atomic E-state index is 6.72. The molecule has 0 aliphatic carbocycles. The first-order valence-electron chi connectivity index (χ1n) is 16.8. The van der Waals surface area contributed by atoms with Gasteiger partial charge in [0.2, 0.25) is 0 Å². The van der Waals surface area contributed by atoms with Crippen molar-refractivity contribution in [2.75, 3.05) is 0 Å². The number of nitrogens with zero attached hydrogens (tertiary/aromatic N) is 3. The Hall–Kier alpha value is -6.63. The molecule has 11 aromatic rings. The molecule has 11 rings (SSSR count). The molecular weight excluding hydrogens is 647 g/mol. The summed E-state index contributed by atoms with van der Waals surface area (Å²) in [5.74, 6) is 1.72. The second kappa shape index (κ2) is 10.9. The van der Waals surface area contributed by atoms with Gasteiger partial charge in [0.05, 0.1) is 5.56 Å². The zero-order valence-corrected chi connectivity index (χ0v) is 27.8. The minimum atomic E-state index is 0.549. The summed E-state index contributed by atoms with van der Waals surface area (Å²) >= 11 is 1.83. The lowest BCUT2D eigenvalue weighted by Crippen LogP contribution is -2.00. The van der Waals surface area contributed by atoms with Crippen LogP contribution < -0.4 is 0 Å². The van der Waals surface area contributed by atoms with Crippen LogP contribution in [-0.4, -0.2) is 15.0 Å². The van der Waals surface area contributed by atoms with Crippen molar-refractivity contribution in [2.24, 2.45) is 0 Å². The van der Waals surface area contributed by atoms with Gasteiger partial charge in [0.1, 0.15) is 22.3 Å². The van der Waals surface area contributed by atoms with Crippen molar-refractivity contribution in [3.05, 3.63) is 152 Å². The Morgan fingerprint density at radius 1 is 0.373 bits per heavy atom. The minimum absolute atomic E-state index is 0.549. The number of benzene rings is 7. The normalized spacial score (nSPS) is 11.9. The Labute approximate surface area is 295 Å². The summed E-state index contributed by atoms with van der Waals surface area (Å²) in [6.45, 7) is 0. The van der Waals surface area contributed by atoms with Crippen molar-refractivity contribution in [1.82, 2.24) is 15.0 Å². The van der Waals surface area contributed by atoms with Crippen LogP contribution in [0, 0.1) is 0 Å². The first-order chi connectivity index (χ1) is 25.2. The highest BCUT2D eigenvalue weighted by Gasteiger charge is 2.20. The molecule has 4 heterocycles. The van der Waals surface area contributed by atoms with E-state index in [4.69, 9.17) is 23.8 Å². The Balaban J connectivity index is 1.12. The van der Waals surface area contributed by atoms with Gasteiger partial charge >= 0.3 is 0 Å². The summed E-state index contributed by atoms with van der Waals surface area (Å²) in [6, 6.07) is 52.2. The van der Waals surface area contributed by atoms with Crippen LogP contribution in [0.3, 0.4) is 0 Å². The molecule has 51 heavy (non-hydrogen) atoms. The molecule has 0 atom stereocenters. The van der Waals surface area contributed by atoms with Crippen molar-refractivity contribution in [2.45, 2.75) is 0 Å². The maximum Gasteiger partial charge on any atom is 0.167 e. The van der Waals surface area contributed by atoms with E-state index in [1.807, 2.05) is 84.1 Å². The Kier molecular flexibility index (Phi) is 6.05. The quantitative estimate of drug-likeness (QED) is 0.186. The van der Waals surface area contributed by atoms with Crippen LogP contribution in [0.5, 0.6) is 0 Å². The second-order valence-electron chi connectivity index (χ2n) is 12.8. The number of furan rings is 2. The number of fused-ring (bicyclic) bond motifs is 9. The molecule has 6 heteroatoms. The lowest BCUT2D eigenvalue weighted by atomic mass is 9.97. The van der Waals surface area contributed by atoms with E-state index in [9.17, 15) is 0 Å². The van der Waals surface area contributed by atoms with Gasteiger partial charge in [0, 0.05) is 52.8 Å². The lowest BCUT2D eigenvalue weighted by Gasteiger charge is -2.09. The molecule has 0 N–H and O–H groups in total. The Morgan fingerprint density at radius 2 is 1.02 bits per heavy atom. The molecule has 238 valence electrons. The third kappa shape index (κ3) is 4.43. The van der Waals surface area contributed by atoms with Gasteiger partial charge in [-0.3, -0.25) is 0 Å². The molecular formula is C45H25N3O2S. The van der Waals surface area contributed by atoms with E-state index in [-0.39, 0.29) is 0 Å². The maximum absolute atomic E-state index is 6.72. The third-order valence-corrected chi connectivity index (χ3v) is 10.9. The molecule has 0 radical (unpaired) electrons. The van der Waals surface area contributed by atoms with E-state index in [2.05, 4.69) is 78.9 Å². The molecule has 5 nitrogen and oxygen atoms in total. The molecule has 0 fully saturated rings.